The van der Waals surface area contributed by atoms with Crippen molar-refractivity contribution in [1.29, 1.82) is 0 Å². The molecule has 0 unspecified atom stereocenters. The fourth-order valence-electron chi connectivity index (χ4n) is 2.53. The van der Waals surface area contributed by atoms with Crippen LogP contribution in [-0.4, -0.2) is 29.4 Å². The quantitative estimate of drug-likeness (QED) is 0.619. The van der Waals surface area contributed by atoms with Gasteiger partial charge in [-0.15, -0.1) is 0 Å². The first-order valence-electron chi connectivity index (χ1n) is 8.40. The summed E-state index contributed by atoms with van der Waals surface area (Å²) in [5, 5.41) is 15.2. The van der Waals surface area contributed by atoms with Gasteiger partial charge >= 0.3 is 5.97 Å². The number of carboxylic acids is 1. The first-order chi connectivity index (χ1) is 11.8. The third-order valence-electron chi connectivity index (χ3n) is 4.34. The van der Waals surface area contributed by atoms with E-state index in [1.807, 2.05) is 6.92 Å². The van der Waals surface area contributed by atoms with Crippen LogP contribution in [0.3, 0.4) is 0 Å². The van der Waals surface area contributed by atoms with Gasteiger partial charge in [-0.3, -0.25) is 14.4 Å². The smallest absolute Gasteiger partial charge is 0.310 e. The lowest BCUT2D eigenvalue weighted by atomic mass is 9.79. The first-order valence-corrected chi connectivity index (χ1v) is 8.78. The molecule has 0 aliphatic rings. The van der Waals surface area contributed by atoms with Crippen molar-refractivity contribution in [2.75, 3.05) is 11.9 Å². The number of nitrogens with one attached hydrogen (secondary N) is 2. The first kappa shape index (κ1) is 21.0. The topological polar surface area (TPSA) is 95.5 Å². The van der Waals surface area contributed by atoms with Gasteiger partial charge in [-0.1, -0.05) is 32.4 Å². The Labute approximate surface area is 152 Å². The highest BCUT2D eigenvalue weighted by molar-refractivity contribution is 6.31. The molecule has 0 aliphatic carbocycles. The summed E-state index contributed by atoms with van der Waals surface area (Å²) >= 11 is 5.97. The Morgan fingerprint density at radius 2 is 1.80 bits per heavy atom. The van der Waals surface area contributed by atoms with Gasteiger partial charge in [0.2, 0.25) is 5.91 Å². The van der Waals surface area contributed by atoms with Crippen molar-refractivity contribution < 1.29 is 19.5 Å². The van der Waals surface area contributed by atoms with Crippen molar-refractivity contribution in [3.05, 3.63) is 28.8 Å². The Balaban J connectivity index is 3.01. The number of carbonyl (C=O) groups is 3. The molecular formula is C18H25ClN2O4. The van der Waals surface area contributed by atoms with E-state index < -0.39 is 17.3 Å². The molecule has 2 amide bonds. The van der Waals surface area contributed by atoms with Gasteiger partial charge in [0.25, 0.3) is 5.91 Å². The molecule has 0 saturated carbocycles. The number of anilines is 1. The molecule has 25 heavy (non-hydrogen) atoms. The molecule has 0 spiro atoms. The summed E-state index contributed by atoms with van der Waals surface area (Å²) in [6.07, 6.45) is 1.30. The highest BCUT2D eigenvalue weighted by Crippen LogP contribution is 2.32. The Morgan fingerprint density at radius 1 is 1.16 bits per heavy atom. The largest absolute Gasteiger partial charge is 0.481 e. The highest BCUT2D eigenvalue weighted by Gasteiger charge is 2.37. The number of carboxylic acid groups (broad SMARTS) is 1. The minimum Gasteiger partial charge on any atom is -0.481 e. The molecule has 0 radical (unpaired) electrons. The van der Waals surface area contributed by atoms with Crippen LogP contribution < -0.4 is 10.6 Å². The molecule has 0 aromatic heterocycles. The second kappa shape index (κ2) is 9.42. The predicted octanol–water partition coefficient (Wildman–Crippen LogP) is 3.70. The minimum atomic E-state index is -1.12. The number of halogens is 1. The molecule has 0 aliphatic heterocycles. The Kier molecular flexibility index (Phi) is 7.90. The maximum absolute atomic E-state index is 12.4. The van der Waals surface area contributed by atoms with Crippen molar-refractivity contribution in [2.45, 2.75) is 46.5 Å². The summed E-state index contributed by atoms with van der Waals surface area (Å²) in [6, 6.07) is 4.59. The lowest BCUT2D eigenvalue weighted by Crippen LogP contribution is -2.34. The van der Waals surface area contributed by atoms with E-state index in [1.54, 1.807) is 19.9 Å². The molecule has 1 rings (SSSR count). The van der Waals surface area contributed by atoms with E-state index >= 15 is 0 Å². The molecule has 0 fully saturated rings. The van der Waals surface area contributed by atoms with Crippen molar-refractivity contribution in [3.63, 3.8) is 0 Å². The van der Waals surface area contributed by atoms with Crippen LogP contribution in [0, 0.1) is 5.41 Å². The van der Waals surface area contributed by atoms with Crippen molar-refractivity contribution in [3.8, 4) is 0 Å². The third-order valence-corrected chi connectivity index (χ3v) is 4.58. The number of amides is 2. The van der Waals surface area contributed by atoms with Crippen LogP contribution in [0.1, 0.15) is 56.8 Å². The molecule has 0 saturated heterocycles. The number of benzene rings is 1. The monoisotopic (exact) mass is 368 g/mol. The second-order valence-corrected chi connectivity index (χ2v) is 6.40. The van der Waals surface area contributed by atoms with E-state index in [1.165, 1.54) is 12.1 Å². The zero-order valence-electron chi connectivity index (χ0n) is 14.8. The zero-order valence-corrected chi connectivity index (χ0v) is 15.6. The molecule has 6 nitrogen and oxygen atoms in total. The van der Waals surface area contributed by atoms with E-state index in [0.717, 1.165) is 6.42 Å². The van der Waals surface area contributed by atoms with Crippen molar-refractivity contribution >= 4 is 35.1 Å². The number of aliphatic carboxylic acids is 1. The predicted molar refractivity (Wildman–Crippen MR) is 98.0 cm³/mol. The maximum Gasteiger partial charge on any atom is 0.310 e. The molecule has 0 atom stereocenters. The number of hydrogen-bond acceptors (Lipinski definition) is 3. The van der Waals surface area contributed by atoms with Gasteiger partial charge < -0.3 is 15.7 Å². The van der Waals surface area contributed by atoms with Gasteiger partial charge in [-0.2, -0.15) is 0 Å². The van der Waals surface area contributed by atoms with Gasteiger partial charge in [-0.05, 0) is 37.5 Å². The summed E-state index contributed by atoms with van der Waals surface area (Å²) in [7, 11) is 0. The van der Waals surface area contributed by atoms with E-state index in [9.17, 15) is 19.5 Å². The normalized spacial score (nSPS) is 11.0. The third kappa shape index (κ3) is 5.46. The molecule has 1 aromatic carbocycles. The molecule has 0 bridgehead atoms. The number of carbonyl (C=O) groups excluding carboxylic acids is 2. The molecule has 138 valence electrons. The summed E-state index contributed by atoms with van der Waals surface area (Å²) in [5.41, 5.74) is -0.550. The summed E-state index contributed by atoms with van der Waals surface area (Å²) in [4.78, 5) is 36.2. The molecule has 3 N–H and O–H groups in total. The summed E-state index contributed by atoms with van der Waals surface area (Å²) in [5.74, 6) is -1.78. The number of rotatable bonds is 9. The van der Waals surface area contributed by atoms with Gasteiger partial charge in [0.05, 0.1) is 16.7 Å². The van der Waals surface area contributed by atoms with E-state index in [0.29, 0.717) is 30.0 Å². The van der Waals surface area contributed by atoms with E-state index in [4.69, 9.17) is 11.6 Å². The van der Waals surface area contributed by atoms with E-state index in [-0.39, 0.29) is 18.0 Å². The average molecular weight is 369 g/mol. The van der Waals surface area contributed by atoms with Gasteiger partial charge in [-0.25, -0.2) is 0 Å². The zero-order chi connectivity index (χ0) is 19.0. The Hall–Kier alpha value is -2.08. The second-order valence-electron chi connectivity index (χ2n) is 5.96. The maximum atomic E-state index is 12.4. The van der Waals surface area contributed by atoms with Crippen molar-refractivity contribution in [1.82, 2.24) is 5.32 Å². The highest BCUT2D eigenvalue weighted by atomic mass is 35.5. The van der Waals surface area contributed by atoms with Crippen molar-refractivity contribution in [2.24, 2.45) is 5.41 Å². The van der Waals surface area contributed by atoms with Gasteiger partial charge in [0.15, 0.2) is 0 Å². The van der Waals surface area contributed by atoms with Gasteiger partial charge in [0, 0.05) is 18.0 Å². The summed E-state index contributed by atoms with van der Waals surface area (Å²) in [6.45, 7) is 5.94. The van der Waals surface area contributed by atoms with Crippen LogP contribution in [0.5, 0.6) is 0 Å². The van der Waals surface area contributed by atoms with Crippen LogP contribution in [0.4, 0.5) is 5.69 Å². The summed E-state index contributed by atoms with van der Waals surface area (Å²) < 4.78 is 0. The SMILES string of the molecule is CCCNC(=O)c1ccc(Cl)cc1NC(=O)CC(CC)(CC)C(=O)O. The van der Waals surface area contributed by atoms with Crippen LogP contribution in [0.15, 0.2) is 18.2 Å². The molecule has 0 heterocycles. The van der Waals surface area contributed by atoms with Crippen LogP contribution in [0.25, 0.3) is 0 Å². The van der Waals surface area contributed by atoms with E-state index in [2.05, 4.69) is 10.6 Å². The lowest BCUT2D eigenvalue weighted by Gasteiger charge is -2.26. The fourth-order valence-corrected chi connectivity index (χ4v) is 2.70. The number of hydrogen-bond donors (Lipinski definition) is 3. The average Bonchev–Trinajstić information content (AvgIpc) is 2.57. The minimum absolute atomic E-state index is 0.169. The fraction of sp³-hybridized carbons (Fsp3) is 0.500. The molecule has 7 heteroatoms. The molecular weight excluding hydrogens is 344 g/mol. The van der Waals surface area contributed by atoms with Crippen LogP contribution >= 0.6 is 11.6 Å². The van der Waals surface area contributed by atoms with Crippen LogP contribution in [0.2, 0.25) is 5.02 Å². The van der Waals surface area contributed by atoms with Crippen LogP contribution in [-0.2, 0) is 9.59 Å². The standard InChI is InChI=1S/C18H25ClN2O4/c1-4-9-20-16(23)13-8-7-12(19)10-14(13)21-15(22)11-18(5-2,6-3)17(24)25/h7-8,10H,4-6,9,11H2,1-3H3,(H,20,23)(H,21,22)(H,24,25). The Morgan fingerprint density at radius 3 is 2.32 bits per heavy atom. The molecule has 1 aromatic rings. The van der Waals surface area contributed by atoms with Gasteiger partial charge in [0.1, 0.15) is 0 Å². The Bertz CT molecular complexity index is 642. The lowest BCUT2D eigenvalue weighted by molar-refractivity contribution is -0.151.